The smallest absolute Gasteiger partial charge is 0.309 e. The second-order valence-corrected chi connectivity index (χ2v) is 10.4. The number of carbonyl (C=O) groups is 3. The molecule has 39 heavy (non-hydrogen) atoms. The number of aromatic nitrogens is 1. The Morgan fingerprint density at radius 3 is 2.41 bits per heavy atom. The van der Waals surface area contributed by atoms with Crippen molar-refractivity contribution >= 4 is 29.3 Å². The predicted molar refractivity (Wildman–Crippen MR) is 146 cm³/mol. The molecule has 1 amide bonds. The molecule has 0 spiro atoms. The fourth-order valence-electron chi connectivity index (χ4n) is 5.15. The van der Waals surface area contributed by atoms with Gasteiger partial charge in [-0.15, -0.1) is 0 Å². The molecule has 0 bridgehead atoms. The van der Waals surface area contributed by atoms with Crippen molar-refractivity contribution in [1.29, 1.82) is 0 Å². The van der Waals surface area contributed by atoms with E-state index in [1.807, 2.05) is 48.7 Å². The number of likely N-dealkylation sites (tertiary alicyclic amines) is 1. The molecule has 2 aromatic carbocycles. The molecule has 0 radical (unpaired) electrons. The van der Waals surface area contributed by atoms with Gasteiger partial charge in [0, 0.05) is 40.6 Å². The average molecular weight is 551 g/mol. The Bertz CT molecular complexity index is 1370. The molecule has 3 heterocycles. The van der Waals surface area contributed by atoms with Gasteiger partial charge in [0.05, 0.1) is 12.5 Å². The summed E-state index contributed by atoms with van der Waals surface area (Å²) in [6, 6.07) is 16.1. The van der Waals surface area contributed by atoms with Crippen LogP contribution in [-0.4, -0.2) is 59.5 Å². The third-order valence-corrected chi connectivity index (χ3v) is 7.63. The van der Waals surface area contributed by atoms with Crippen LogP contribution in [0.15, 0.2) is 54.6 Å². The standard InChI is InChI=1S/C30H31ClN2O6/c1-19-15-25(20(2)33(19)16-24-17-37-27-5-3-4-6-28(27)39-24)26(34)18-38-30(36)22-11-13-32(14-12-22)29(35)21-7-9-23(31)10-8-21/h3-10,15,22,24H,11-14,16-18H2,1-2H3. The van der Waals surface area contributed by atoms with E-state index in [0.29, 0.717) is 61.0 Å². The number of aryl methyl sites for hydroxylation is 1. The Kier molecular flexibility index (Phi) is 7.93. The molecular formula is C30H31ClN2O6. The number of para-hydroxylation sites is 2. The highest BCUT2D eigenvalue weighted by atomic mass is 35.5. The first-order chi connectivity index (χ1) is 18.8. The first-order valence-electron chi connectivity index (χ1n) is 13.1. The first-order valence-corrected chi connectivity index (χ1v) is 13.5. The molecule has 1 saturated heterocycles. The Labute approximate surface area is 232 Å². The number of ether oxygens (including phenoxy) is 3. The molecule has 1 atom stereocenters. The number of halogens is 1. The van der Waals surface area contributed by atoms with Crippen LogP contribution in [0, 0.1) is 19.8 Å². The molecule has 0 aliphatic carbocycles. The van der Waals surface area contributed by atoms with Gasteiger partial charge in [0.1, 0.15) is 6.61 Å². The van der Waals surface area contributed by atoms with E-state index in [9.17, 15) is 14.4 Å². The number of ketones is 1. The number of fused-ring (bicyclic) bond motifs is 1. The number of nitrogens with zero attached hydrogens (tertiary/aromatic N) is 2. The molecule has 0 saturated carbocycles. The van der Waals surface area contributed by atoms with Gasteiger partial charge in [0.15, 0.2) is 24.2 Å². The zero-order valence-electron chi connectivity index (χ0n) is 22.0. The van der Waals surface area contributed by atoms with Crippen molar-refractivity contribution in [3.63, 3.8) is 0 Å². The van der Waals surface area contributed by atoms with Crippen molar-refractivity contribution in [2.75, 3.05) is 26.3 Å². The number of hydrogen-bond donors (Lipinski definition) is 0. The van der Waals surface area contributed by atoms with Gasteiger partial charge in [-0.05, 0) is 69.2 Å². The van der Waals surface area contributed by atoms with Crippen LogP contribution in [0.4, 0.5) is 0 Å². The summed E-state index contributed by atoms with van der Waals surface area (Å²) in [5.74, 6) is 0.362. The lowest BCUT2D eigenvalue weighted by Crippen LogP contribution is -2.40. The second-order valence-electron chi connectivity index (χ2n) is 10.00. The molecule has 1 aromatic heterocycles. The van der Waals surface area contributed by atoms with Crippen molar-refractivity contribution in [2.24, 2.45) is 5.92 Å². The summed E-state index contributed by atoms with van der Waals surface area (Å²) < 4.78 is 19.4. The van der Waals surface area contributed by atoms with E-state index in [0.717, 1.165) is 17.1 Å². The molecule has 204 valence electrons. The minimum absolute atomic E-state index is 0.0848. The van der Waals surface area contributed by atoms with Crippen LogP contribution in [0.2, 0.25) is 5.02 Å². The van der Waals surface area contributed by atoms with E-state index in [2.05, 4.69) is 0 Å². The van der Waals surface area contributed by atoms with E-state index < -0.39 is 5.97 Å². The van der Waals surface area contributed by atoms with E-state index in [-0.39, 0.29) is 30.3 Å². The van der Waals surface area contributed by atoms with Gasteiger partial charge in [-0.25, -0.2) is 0 Å². The Morgan fingerprint density at radius 2 is 1.69 bits per heavy atom. The van der Waals surface area contributed by atoms with Crippen LogP contribution in [0.1, 0.15) is 44.9 Å². The van der Waals surface area contributed by atoms with Crippen LogP contribution < -0.4 is 9.47 Å². The average Bonchev–Trinajstić information content (AvgIpc) is 3.24. The highest BCUT2D eigenvalue weighted by Crippen LogP contribution is 2.31. The van der Waals surface area contributed by atoms with Crippen molar-refractivity contribution in [1.82, 2.24) is 9.47 Å². The van der Waals surface area contributed by atoms with Crippen molar-refractivity contribution in [3.05, 3.63) is 82.1 Å². The van der Waals surface area contributed by atoms with Gasteiger partial charge in [-0.2, -0.15) is 0 Å². The fraction of sp³-hybridized carbons (Fsp3) is 0.367. The lowest BCUT2D eigenvalue weighted by Gasteiger charge is -2.31. The van der Waals surface area contributed by atoms with Crippen LogP contribution >= 0.6 is 11.6 Å². The predicted octanol–water partition coefficient (Wildman–Crippen LogP) is 4.88. The first kappa shape index (κ1) is 26.8. The van der Waals surface area contributed by atoms with Crippen molar-refractivity contribution < 1.29 is 28.6 Å². The molecule has 2 aliphatic rings. The summed E-state index contributed by atoms with van der Waals surface area (Å²) in [6.45, 7) is 5.36. The summed E-state index contributed by atoms with van der Waals surface area (Å²) in [5, 5.41) is 0.573. The number of benzene rings is 2. The molecular weight excluding hydrogens is 520 g/mol. The van der Waals surface area contributed by atoms with Gasteiger partial charge in [0.2, 0.25) is 5.78 Å². The van der Waals surface area contributed by atoms with Crippen molar-refractivity contribution in [3.8, 4) is 11.5 Å². The van der Waals surface area contributed by atoms with E-state index in [4.69, 9.17) is 25.8 Å². The lowest BCUT2D eigenvalue weighted by molar-refractivity contribution is -0.148. The van der Waals surface area contributed by atoms with Gasteiger partial charge in [-0.1, -0.05) is 23.7 Å². The highest BCUT2D eigenvalue weighted by Gasteiger charge is 2.30. The van der Waals surface area contributed by atoms with Gasteiger partial charge < -0.3 is 23.7 Å². The molecule has 3 aromatic rings. The highest BCUT2D eigenvalue weighted by molar-refractivity contribution is 6.30. The number of piperidine rings is 1. The second kappa shape index (κ2) is 11.5. The summed E-state index contributed by atoms with van der Waals surface area (Å²) in [7, 11) is 0. The van der Waals surface area contributed by atoms with Crippen molar-refractivity contribution in [2.45, 2.75) is 39.3 Å². The number of Topliss-reactive ketones (excluding diaryl/α,β-unsaturated/α-hetero) is 1. The Balaban J connectivity index is 1.12. The largest absolute Gasteiger partial charge is 0.486 e. The molecule has 5 rings (SSSR count). The monoisotopic (exact) mass is 550 g/mol. The van der Waals surface area contributed by atoms with E-state index in [1.165, 1.54) is 0 Å². The van der Waals surface area contributed by atoms with Crippen LogP contribution in [0.3, 0.4) is 0 Å². The third kappa shape index (κ3) is 5.96. The molecule has 2 aliphatic heterocycles. The summed E-state index contributed by atoms with van der Waals surface area (Å²) in [5.41, 5.74) is 2.81. The summed E-state index contributed by atoms with van der Waals surface area (Å²) in [4.78, 5) is 40.1. The summed E-state index contributed by atoms with van der Waals surface area (Å²) >= 11 is 5.91. The SMILES string of the molecule is Cc1cc(C(=O)COC(=O)C2CCN(C(=O)c3ccc(Cl)cc3)CC2)c(C)n1CC1COc2ccccc2O1. The molecule has 8 nitrogen and oxygen atoms in total. The molecule has 9 heteroatoms. The number of esters is 1. The maximum absolute atomic E-state index is 13.0. The van der Waals surface area contributed by atoms with E-state index in [1.54, 1.807) is 29.2 Å². The number of carbonyl (C=O) groups excluding carboxylic acids is 3. The zero-order valence-corrected chi connectivity index (χ0v) is 22.8. The van der Waals surface area contributed by atoms with E-state index >= 15 is 0 Å². The fourth-order valence-corrected chi connectivity index (χ4v) is 5.27. The summed E-state index contributed by atoms with van der Waals surface area (Å²) in [6.07, 6.45) is 0.795. The van der Waals surface area contributed by atoms with Gasteiger partial charge in [0.25, 0.3) is 5.91 Å². The zero-order chi connectivity index (χ0) is 27.5. The lowest BCUT2D eigenvalue weighted by atomic mass is 9.96. The maximum Gasteiger partial charge on any atom is 0.309 e. The molecule has 1 fully saturated rings. The normalized spacial score (nSPS) is 17.1. The van der Waals surface area contributed by atoms with Crippen LogP contribution in [-0.2, 0) is 16.1 Å². The number of hydrogen-bond acceptors (Lipinski definition) is 6. The Morgan fingerprint density at radius 1 is 1.00 bits per heavy atom. The van der Waals surface area contributed by atoms with Gasteiger partial charge >= 0.3 is 5.97 Å². The maximum atomic E-state index is 13.0. The minimum atomic E-state index is -0.401. The molecule has 1 unspecified atom stereocenters. The third-order valence-electron chi connectivity index (χ3n) is 7.38. The van der Waals surface area contributed by atoms with Crippen LogP contribution in [0.5, 0.6) is 11.5 Å². The quantitative estimate of drug-likeness (QED) is 0.308. The molecule has 0 N–H and O–H groups in total. The van der Waals surface area contributed by atoms with Crippen LogP contribution in [0.25, 0.3) is 0 Å². The number of amides is 1. The Hall–Kier alpha value is -3.78. The topological polar surface area (TPSA) is 87.1 Å². The minimum Gasteiger partial charge on any atom is -0.486 e. The van der Waals surface area contributed by atoms with Gasteiger partial charge in [-0.3, -0.25) is 14.4 Å². The number of rotatable bonds is 7.